The van der Waals surface area contributed by atoms with E-state index in [1.165, 1.54) is 0 Å². The first-order chi connectivity index (χ1) is 10.4. The van der Waals surface area contributed by atoms with Crippen LogP contribution in [0.2, 0.25) is 0 Å². The SMILES string of the molecule is CCn1ncc(C(C)NC(=O)C(C)Cn2cc(Br)cn2)c1C. The van der Waals surface area contributed by atoms with Gasteiger partial charge in [-0.3, -0.25) is 14.2 Å². The molecular weight excluding hydrogens is 346 g/mol. The van der Waals surface area contributed by atoms with Gasteiger partial charge in [0.05, 0.1) is 35.4 Å². The third kappa shape index (κ3) is 3.76. The number of aromatic nitrogens is 4. The first-order valence-corrected chi connectivity index (χ1v) is 8.22. The predicted octanol–water partition coefficient (Wildman–Crippen LogP) is 2.68. The Bertz CT molecular complexity index is 648. The Kier molecular flexibility index (Phi) is 5.39. The third-order valence-corrected chi connectivity index (χ3v) is 4.19. The van der Waals surface area contributed by atoms with Crippen LogP contribution in [-0.4, -0.2) is 25.5 Å². The highest BCUT2D eigenvalue weighted by Crippen LogP contribution is 2.17. The molecule has 2 aromatic heterocycles. The van der Waals surface area contributed by atoms with E-state index in [9.17, 15) is 4.79 Å². The summed E-state index contributed by atoms with van der Waals surface area (Å²) in [5, 5.41) is 11.6. The fourth-order valence-corrected chi connectivity index (χ4v) is 2.77. The van der Waals surface area contributed by atoms with Gasteiger partial charge in [-0.25, -0.2) is 0 Å². The highest BCUT2D eigenvalue weighted by molar-refractivity contribution is 9.10. The summed E-state index contributed by atoms with van der Waals surface area (Å²) in [6.07, 6.45) is 5.41. The van der Waals surface area contributed by atoms with Crippen molar-refractivity contribution in [2.24, 2.45) is 5.92 Å². The maximum atomic E-state index is 12.3. The molecule has 120 valence electrons. The summed E-state index contributed by atoms with van der Waals surface area (Å²) < 4.78 is 4.61. The van der Waals surface area contributed by atoms with Gasteiger partial charge in [0, 0.05) is 24.0 Å². The number of carbonyl (C=O) groups excluding carboxylic acids is 1. The molecule has 1 amide bonds. The van der Waals surface area contributed by atoms with Crippen LogP contribution in [0.1, 0.15) is 38.1 Å². The monoisotopic (exact) mass is 367 g/mol. The molecule has 0 saturated carbocycles. The van der Waals surface area contributed by atoms with Crippen LogP contribution >= 0.6 is 15.9 Å². The van der Waals surface area contributed by atoms with Crippen molar-refractivity contribution >= 4 is 21.8 Å². The summed E-state index contributed by atoms with van der Waals surface area (Å²) in [6.45, 7) is 9.35. The van der Waals surface area contributed by atoms with E-state index in [1.54, 1.807) is 10.9 Å². The van der Waals surface area contributed by atoms with Gasteiger partial charge in [0.25, 0.3) is 0 Å². The number of rotatable bonds is 6. The number of halogens is 1. The summed E-state index contributed by atoms with van der Waals surface area (Å²) in [5.74, 6) is -0.140. The fourth-order valence-electron chi connectivity index (χ4n) is 2.44. The lowest BCUT2D eigenvalue weighted by atomic mass is 10.1. The molecule has 0 radical (unpaired) electrons. The summed E-state index contributed by atoms with van der Waals surface area (Å²) in [5.41, 5.74) is 2.16. The van der Waals surface area contributed by atoms with Crippen LogP contribution in [0.5, 0.6) is 0 Å². The van der Waals surface area contributed by atoms with Crippen LogP contribution in [0, 0.1) is 12.8 Å². The average Bonchev–Trinajstić information content (AvgIpc) is 3.04. The molecule has 0 aliphatic heterocycles. The predicted molar refractivity (Wildman–Crippen MR) is 88.3 cm³/mol. The van der Waals surface area contributed by atoms with Crippen LogP contribution in [0.3, 0.4) is 0 Å². The van der Waals surface area contributed by atoms with Gasteiger partial charge in [-0.15, -0.1) is 0 Å². The average molecular weight is 368 g/mol. The van der Waals surface area contributed by atoms with Gasteiger partial charge in [0.15, 0.2) is 0 Å². The van der Waals surface area contributed by atoms with E-state index in [0.717, 1.165) is 22.3 Å². The van der Waals surface area contributed by atoms with Crippen molar-refractivity contribution in [3.63, 3.8) is 0 Å². The third-order valence-electron chi connectivity index (χ3n) is 3.78. The molecule has 2 heterocycles. The van der Waals surface area contributed by atoms with Crippen LogP contribution in [0.4, 0.5) is 0 Å². The molecule has 2 aromatic rings. The van der Waals surface area contributed by atoms with Crippen molar-refractivity contribution in [1.29, 1.82) is 0 Å². The lowest BCUT2D eigenvalue weighted by Gasteiger charge is -2.17. The Hall–Kier alpha value is -1.63. The Morgan fingerprint density at radius 1 is 1.36 bits per heavy atom. The van der Waals surface area contributed by atoms with E-state index in [0.29, 0.717) is 6.54 Å². The van der Waals surface area contributed by atoms with Gasteiger partial charge < -0.3 is 5.32 Å². The topological polar surface area (TPSA) is 64.7 Å². The molecule has 7 heteroatoms. The summed E-state index contributed by atoms with van der Waals surface area (Å²) >= 11 is 3.35. The molecule has 0 aliphatic carbocycles. The van der Waals surface area contributed by atoms with Crippen LogP contribution in [-0.2, 0) is 17.9 Å². The Morgan fingerprint density at radius 3 is 2.64 bits per heavy atom. The molecule has 0 fully saturated rings. The summed E-state index contributed by atoms with van der Waals surface area (Å²) in [7, 11) is 0. The maximum absolute atomic E-state index is 12.3. The molecule has 0 saturated heterocycles. The van der Waals surface area contributed by atoms with Crippen molar-refractivity contribution in [1.82, 2.24) is 24.9 Å². The molecule has 0 spiro atoms. The van der Waals surface area contributed by atoms with Gasteiger partial charge >= 0.3 is 0 Å². The quantitative estimate of drug-likeness (QED) is 0.853. The Balaban J connectivity index is 1.96. The number of hydrogen-bond acceptors (Lipinski definition) is 3. The zero-order valence-corrected chi connectivity index (χ0v) is 15.0. The normalized spacial score (nSPS) is 13.9. The van der Waals surface area contributed by atoms with Gasteiger partial charge in [-0.1, -0.05) is 6.92 Å². The zero-order chi connectivity index (χ0) is 16.3. The van der Waals surface area contributed by atoms with E-state index in [2.05, 4.69) is 38.4 Å². The van der Waals surface area contributed by atoms with Gasteiger partial charge in [-0.05, 0) is 36.7 Å². The van der Waals surface area contributed by atoms with Crippen molar-refractivity contribution in [2.75, 3.05) is 0 Å². The van der Waals surface area contributed by atoms with E-state index < -0.39 is 0 Å². The minimum Gasteiger partial charge on any atom is -0.349 e. The lowest BCUT2D eigenvalue weighted by molar-refractivity contribution is -0.125. The van der Waals surface area contributed by atoms with Crippen LogP contribution < -0.4 is 5.32 Å². The van der Waals surface area contributed by atoms with Crippen LogP contribution in [0.15, 0.2) is 23.1 Å². The number of hydrogen-bond donors (Lipinski definition) is 1. The smallest absolute Gasteiger partial charge is 0.225 e. The second kappa shape index (κ2) is 7.09. The standard InChI is InChI=1S/C15H22BrN5O/c1-5-21-12(4)14(7-18-21)11(3)19-15(22)10(2)8-20-9-13(16)6-17-20/h6-7,9-11H,5,8H2,1-4H3,(H,19,22). The van der Waals surface area contributed by atoms with Crippen molar-refractivity contribution < 1.29 is 4.79 Å². The summed E-state index contributed by atoms with van der Waals surface area (Å²) in [6, 6.07) is -0.0559. The molecule has 2 atom stereocenters. The molecule has 0 bridgehead atoms. The molecule has 1 N–H and O–H groups in total. The number of nitrogens with one attached hydrogen (secondary N) is 1. The first kappa shape index (κ1) is 16.7. The molecule has 0 aromatic carbocycles. The molecule has 2 rings (SSSR count). The number of nitrogens with zero attached hydrogens (tertiary/aromatic N) is 4. The highest BCUT2D eigenvalue weighted by atomic mass is 79.9. The number of aryl methyl sites for hydroxylation is 1. The Labute approximate surface area is 139 Å². The van der Waals surface area contributed by atoms with E-state index in [-0.39, 0.29) is 17.9 Å². The minimum absolute atomic E-state index is 0.0165. The molecule has 2 unspecified atom stereocenters. The molecule has 22 heavy (non-hydrogen) atoms. The minimum atomic E-state index is -0.157. The van der Waals surface area contributed by atoms with E-state index >= 15 is 0 Å². The molecule has 6 nitrogen and oxygen atoms in total. The van der Waals surface area contributed by atoms with Gasteiger partial charge in [-0.2, -0.15) is 10.2 Å². The zero-order valence-electron chi connectivity index (χ0n) is 13.4. The second-order valence-corrected chi connectivity index (χ2v) is 6.43. The first-order valence-electron chi connectivity index (χ1n) is 7.43. The Morgan fingerprint density at radius 2 is 2.09 bits per heavy atom. The molecule has 0 aliphatic rings. The maximum Gasteiger partial charge on any atom is 0.225 e. The van der Waals surface area contributed by atoms with Crippen molar-refractivity contribution in [2.45, 2.75) is 46.8 Å². The van der Waals surface area contributed by atoms with Crippen molar-refractivity contribution in [3.8, 4) is 0 Å². The number of amides is 1. The molecular formula is C15H22BrN5O. The lowest BCUT2D eigenvalue weighted by Crippen LogP contribution is -2.33. The number of carbonyl (C=O) groups is 1. The van der Waals surface area contributed by atoms with E-state index in [4.69, 9.17) is 0 Å². The second-order valence-electron chi connectivity index (χ2n) is 5.51. The summed E-state index contributed by atoms with van der Waals surface area (Å²) in [4.78, 5) is 12.3. The van der Waals surface area contributed by atoms with Gasteiger partial charge in [0.1, 0.15) is 0 Å². The fraction of sp³-hybridized carbons (Fsp3) is 0.533. The van der Waals surface area contributed by atoms with E-state index in [1.807, 2.05) is 37.8 Å². The van der Waals surface area contributed by atoms with Gasteiger partial charge in [0.2, 0.25) is 5.91 Å². The largest absolute Gasteiger partial charge is 0.349 e. The van der Waals surface area contributed by atoms with Crippen molar-refractivity contribution in [3.05, 3.63) is 34.3 Å². The highest BCUT2D eigenvalue weighted by Gasteiger charge is 2.19. The van der Waals surface area contributed by atoms with Crippen LogP contribution in [0.25, 0.3) is 0 Å².